The number of aliphatic hydroxyl groups is 1. The maximum atomic E-state index is 11.2. The summed E-state index contributed by atoms with van der Waals surface area (Å²) in [6.07, 6.45) is 1.05. The molecule has 140 valence electrons. The van der Waals surface area contributed by atoms with E-state index in [1.165, 1.54) is 27.6 Å². The molecule has 3 aliphatic heterocycles. The van der Waals surface area contributed by atoms with Crippen molar-refractivity contribution in [2.24, 2.45) is 0 Å². The van der Waals surface area contributed by atoms with Crippen LogP contribution in [0.2, 0.25) is 0 Å². The zero-order chi connectivity index (χ0) is 18.3. The molecule has 0 aromatic heterocycles. The van der Waals surface area contributed by atoms with Crippen LogP contribution in [-0.4, -0.2) is 43.0 Å². The molecule has 6 heteroatoms. The first-order chi connectivity index (χ1) is 13.1. The zero-order valence-electron chi connectivity index (χ0n) is 15.4. The molecule has 0 radical (unpaired) electrons. The van der Waals surface area contributed by atoms with Crippen LogP contribution in [0.5, 0.6) is 17.2 Å². The largest absolute Gasteiger partial charge is 0.488 e. The predicted molar refractivity (Wildman–Crippen MR) is 104 cm³/mol. The SMILES string of the molecule is CN1Cc2c(ccc3c2P(C)CO3)C2C(O)Cc3cc4c(cc3C21)OCO4. The lowest BCUT2D eigenvalue weighted by Crippen LogP contribution is -2.44. The maximum absolute atomic E-state index is 11.2. The Kier molecular flexibility index (Phi) is 3.36. The van der Waals surface area contributed by atoms with Gasteiger partial charge < -0.3 is 19.3 Å². The number of hydrogen-bond acceptors (Lipinski definition) is 5. The van der Waals surface area contributed by atoms with Crippen molar-refractivity contribution in [3.63, 3.8) is 0 Å². The number of ether oxygens (including phenoxy) is 3. The predicted octanol–water partition coefficient (Wildman–Crippen LogP) is 2.69. The second-order valence-corrected chi connectivity index (χ2v) is 10.1. The van der Waals surface area contributed by atoms with Crippen LogP contribution in [0.25, 0.3) is 0 Å². The summed E-state index contributed by atoms with van der Waals surface area (Å²) in [5.41, 5.74) is 5.11. The molecule has 0 spiro atoms. The molecule has 4 aliphatic rings. The highest BCUT2D eigenvalue weighted by Gasteiger charge is 2.45. The van der Waals surface area contributed by atoms with Crippen LogP contribution in [0.3, 0.4) is 0 Å². The standard InChI is InChI=1S/C21H22NO4P/c1-22-8-14-12(3-4-16-21(14)27(2)10-26-16)19-15(23)5-11-6-17-18(25-9-24-17)7-13(11)20(19)22/h3-4,6-7,15,19-20,23H,5,8-10H2,1-2H3. The lowest BCUT2D eigenvalue weighted by molar-refractivity contribution is 0.0602. The molecule has 1 aliphatic carbocycles. The van der Waals surface area contributed by atoms with Gasteiger partial charge in [0.15, 0.2) is 11.5 Å². The van der Waals surface area contributed by atoms with Crippen molar-refractivity contribution in [2.45, 2.75) is 31.0 Å². The lowest BCUT2D eigenvalue weighted by atomic mass is 9.70. The van der Waals surface area contributed by atoms with Crippen molar-refractivity contribution in [3.8, 4) is 17.2 Å². The van der Waals surface area contributed by atoms with Crippen molar-refractivity contribution >= 4 is 13.2 Å². The highest BCUT2D eigenvalue weighted by molar-refractivity contribution is 7.65. The average Bonchev–Trinajstić information content (AvgIpc) is 3.26. The minimum absolute atomic E-state index is 0.0703. The van der Waals surface area contributed by atoms with E-state index in [1.54, 1.807) is 0 Å². The van der Waals surface area contributed by atoms with E-state index in [9.17, 15) is 5.11 Å². The number of aliphatic hydroxyl groups excluding tert-OH is 1. The van der Waals surface area contributed by atoms with E-state index in [0.29, 0.717) is 6.42 Å². The number of fused-ring (bicyclic) bond motifs is 8. The molecule has 1 N–H and O–H groups in total. The van der Waals surface area contributed by atoms with E-state index < -0.39 is 6.10 Å². The molecule has 6 rings (SSSR count). The Hall–Kier alpha value is -1.81. The summed E-state index contributed by atoms with van der Waals surface area (Å²) in [6.45, 7) is 3.46. The molecule has 2 aromatic carbocycles. The van der Waals surface area contributed by atoms with Gasteiger partial charge in [0, 0.05) is 23.8 Å². The Morgan fingerprint density at radius 3 is 2.74 bits per heavy atom. The van der Waals surface area contributed by atoms with Gasteiger partial charge in [-0.05, 0) is 68.5 Å². The lowest BCUT2D eigenvalue weighted by Gasteiger charge is -2.47. The van der Waals surface area contributed by atoms with Crippen LogP contribution in [-0.2, 0) is 13.0 Å². The molecule has 0 bridgehead atoms. The number of rotatable bonds is 0. The van der Waals surface area contributed by atoms with Gasteiger partial charge in [0.2, 0.25) is 6.79 Å². The summed E-state index contributed by atoms with van der Waals surface area (Å²) in [7, 11) is 1.89. The maximum Gasteiger partial charge on any atom is 0.231 e. The van der Waals surface area contributed by atoms with Crippen LogP contribution in [0.4, 0.5) is 0 Å². The van der Waals surface area contributed by atoms with Crippen LogP contribution >= 0.6 is 7.92 Å². The molecule has 4 unspecified atom stereocenters. The first-order valence-electron chi connectivity index (χ1n) is 9.42. The Labute approximate surface area is 159 Å². The molecule has 0 fully saturated rings. The van der Waals surface area contributed by atoms with Gasteiger partial charge in [-0.3, -0.25) is 4.90 Å². The molecule has 5 nitrogen and oxygen atoms in total. The second kappa shape index (κ2) is 5.60. The quantitative estimate of drug-likeness (QED) is 0.709. The first-order valence-corrected chi connectivity index (χ1v) is 11.4. The summed E-state index contributed by atoms with van der Waals surface area (Å²) in [5, 5.41) is 12.6. The molecule has 0 amide bonds. The number of likely N-dealkylation sites (N-methyl/N-ethyl adjacent to an activating group) is 1. The minimum Gasteiger partial charge on any atom is -0.488 e. The zero-order valence-corrected chi connectivity index (χ0v) is 16.3. The first kappa shape index (κ1) is 16.2. The second-order valence-electron chi connectivity index (χ2n) is 8.01. The van der Waals surface area contributed by atoms with Crippen LogP contribution in [0.1, 0.15) is 34.2 Å². The molecule has 0 saturated heterocycles. The third kappa shape index (κ3) is 2.16. The van der Waals surface area contributed by atoms with E-state index in [4.69, 9.17) is 14.2 Å². The molecule has 4 atom stereocenters. The summed E-state index contributed by atoms with van der Waals surface area (Å²) >= 11 is 0. The third-order valence-corrected chi connectivity index (χ3v) is 8.23. The van der Waals surface area contributed by atoms with Gasteiger partial charge in [0.25, 0.3) is 0 Å². The van der Waals surface area contributed by atoms with Gasteiger partial charge >= 0.3 is 0 Å². The van der Waals surface area contributed by atoms with Crippen LogP contribution in [0.15, 0.2) is 24.3 Å². The smallest absolute Gasteiger partial charge is 0.231 e. The molecule has 3 heterocycles. The molecule has 0 saturated carbocycles. The molecular weight excluding hydrogens is 361 g/mol. The Morgan fingerprint density at radius 2 is 1.89 bits per heavy atom. The van der Waals surface area contributed by atoms with E-state index >= 15 is 0 Å². The fourth-order valence-electron chi connectivity index (χ4n) is 5.32. The average molecular weight is 383 g/mol. The van der Waals surface area contributed by atoms with E-state index in [2.05, 4.69) is 42.9 Å². The van der Waals surface area contributed by atoms with Gasteiger partial charge in [-0.25, -0.2) is 0 Å². The van der Waals surface area contributed by atoms with Crippen LogP contribution < -0.4 is 19.5 Å². The van der Waals surface area contributed by atoms with Gasteiger partial charge in [-0.15, -0.1) is 0 Å². The number of hydrogen-bond donors (Lipinski definition) is 1. The van der Waals surface area contributed by atoms with Gasteiger partial charge in [-0.2, -0.15) is 0 Å². The minimum atomic E-state index is -0.409. The summed E-state index contributed by atoms with van der Waals surface area (Å²) in [5.74, 6) is 2.73. The van der Waals surface area contributed by atoms with E-state index in [-0.39, 0.29) is 26.7 Å². The molecule has 2 aromatic rings. The highest BCUT2D eigenvalue weighted by atomic mass is 31.1. The van der Waals surface area contributed by atoms with E-state index in [1.807, 2.05) is 0 Å². The third-order valence-electron chi connectivity index (χ3n) is 6.46. The Morgan fingerprint density at radius 1 is 1.07 bits per heavy atom. The van der Waals surface area contributed by atoms with Crippen LogP contribution in [0, 0.1) is 0 Å². The topological polar surface area (TPSA) is 51.2 Å². The fraction of sp³-hybridized carbons (Fsp3) is 0.429. The van der Waals surface area contributed by atoms with Crippen molar-refractivity contribution in [1.82, 2.24) is 4.90 Å². The Balaban J connectivity index is 1.53. The van der Waals surface area contributed by atoms with Crippen molar-refractivity contribution in [3.05, 3.63) is 46.5 Å². The summed E-state index contributed by atoms with van der Waals surface area (Å²) < 4.78 is 17.1. The number of benzene rings is 2. The van der Waals surface area contributed by atoms with Gasteiger partial charge in [0.1, 0.15) is 12.1 Å². The van der Waals surface area contributed by atoms with Crippen molar-refractivity contribution in [2.75, 3.05) is 26.9 Å². The van der Waals surface area contributed by atoms with Gasteiger partial charge in [0.05, 0.1) is 6.10 Å². The van der Waals surface area contributed by atoms with E-state index in [0.717, 1.165) is 30.1 Å². The normalized spacial score (nSPS) is 30.2. The van der Waals surface area contributed by atoms with Crippen molar-refractivity contribution in [1.29, 1.82) is 0 Å². The van der Waals surface area contributed by atoms with Gasteiger partial charge in [-0.1, -0.05) is 6.07 Å². The molecular formula is C21H22NO4P. The Bertz CT molecular complexity index is 962. The summed E-state index contributed by atoms with van der Waals surface area (Å²) in [4.78, 5) is 2.39. The highest BCUT2D eigenvalue weighted by Crippen LogP contribution is 2.53. The summed E-state index contributed by atoms with van der Waals surface area (Å²) in [6, 6.07) is 8.64. The van der Waals surface area contributed by atoms with Crippen molar-refractivity contribution < 1.29 is 19.3 Å². The fourth-order valence-corrected chi connectivity index (χ4v) is 6.96. The monoisotopic (exact) mass is 383 g/mol. The number of nitrogens with zero attached hydrogens (tertiary/aromatic N) is 1. The molecule has 27 heavy (non-hydrogen) atoms.